The molecule has 0 radical (unpaired) electrons. The number of hydrogen-bond acceptors (Lipinski definition) is 3. The average molecular weight is 417 g/mol. The van der Waals surface area contributed by atoms with E-state index in [0.29, 0.717) is 56.5 Å². The van der Waals surface area contributed by atoms with Gasteiger partial charge in [-0.25, -0.2) is 0 Å². The van der Waals surface area contributed by atoms with Gasteiger partial charge in [-0.05, 0) is 54.8 Å². The van der Waals surface area contributed by atoms with E-state index in [-0.39, 0.29) is 0 Å². The number of hydrogen-bond donors (Lipinski definition) is 0. The molecule has 0 spiro atoms. The van der Waals surface area contributed by atoms with E-state index in [1.165, 1.54) is 38.5 Å². The lowest BCUT2D eigenvalue weighted by molar-refractivity contribution is 0.292. The molecule has 1 aliphatic rings. The molecule has 0 aromatic heterocycles. The Labute approximate surface area is 192 Å². The number of nitrogens with zero attached hydrogens (tertiary/aromatic N) is 3. The monoisotopic (exact) mass is 417 g/mol. The van der Waals surface area contributed by atoms with Crippen molar-refractivity contribution in [1.29, 1.82) is 0 Å². The summed E-state index contributed by atoms with van der Waals surface area (Å²) in [5.41, 5.74) is 0. The molecule has 1 fully saturated rings. The molecular formula is C24H54B3N3. The first-order chi connectivity index (χ1) is 14.2. The molecule has 3 nitrogen and oxygen atoms in total. The average Bonchev–Trinajstić information content (AvgIpc) is 2.78. The molecule has 0 aromatic rings. The summed E-state index contributed by atoms with van der Waals surface area (Å²) < 4.78 is 8.92. The molecule has 6 heteroatoms. The molecule has 1 aliphatic heterocycles. The molecule has 0 bridgehead atoms. The Hall–Kier alpha value is 0.0748. The van der Waals surface area contributed by atoms with Crippen LogP contribution in [0.3, 0.4) is 0 Å². The Bertz CT molecular complexity index is 360. The largest absolute Gasteiger partial charge is 0.354 e. The van der Waals surface area contributed by atoms with Gasteiger partial charge in [-0.2, -0.15) is 0 Å². The molecule has 1 rings (SSSR count). The predicted molar refractivity (Wildman–Crippen MR) is 141 cm³/mol. The van der Waals surface area contributed by atoms with E-state index in [0.717, 1.165) is 0 Å². The fourth-order valence-electron chi connectivity index (χ4n) is 5.52. The second-order valence-corrected chi connectivity index (χ2v) is 10.5. The Morgan fingerprint density at radius 2 is 0.600 bits per heavy atom. The van der Waals surface area contributed by atoms with E-state index in [4.69, 9.17) is 0 Å². The normalized spacial score (nSPS) is 23.4. The third-order valence-corrected chi connectivity index (χ3v) is 8.59. The lowest BCUT2D eigenvalue weighted by Crippen LogP contribution is -2.83. The maximum Gasteiger partial charge on any atom is 0.293 e. The van der Waals surface area contributed by atoms with Crippen LogP contribution in [0, 0.1) is 0 Å². The molecule has 30 heavy (non-hydrogen) atoms. The van der Waals surface area contributed by atoms with E-state index >= 15 is 0 Å². The van der Waals surface area contributed by atoms with Crippen molar-refractivity contribution in [2.24, 2.45) is 0 Å². The van der Waals surface area contributed by atoms with Gasteiger partial charge in [0.25, 0.3) is 20.9 Å². The third-order valence-electron chi connectivity index (χ3n) is 8.59. The van der Waals surface area contributed by atoms with Crippen LogP contribution in [-0.4, -0.2) is 53.2 Å². The summed E-state index contributed by atoms with van der Waals surface area (Å²) in [5, 5.41) is 0. The van der Waals surface area contributed by atoms with E-state index in [1.54, 1.807) is 0 Å². The Morgan fingerprint density at radius 1 is 0.400 bits per heavy atom. The van der Waals surface area contributed by atoms with Gasteiger partial charge in [0.2, 0.25) is 0 Å². The van der Waals surface area contributed by atoms with E-state index in [1.807, 2.05) is 0 Å². The molecule has 0 saturated carbocycles. The van der Waals surface area contributed by atoms with Gasteiger partial charge in [-0.15, -0.1) is 0 Å². The highest BCUT2D eigenvalue weighted by Crippen LogP contribution is 2.41. The van der Waals surface area contributed by atoms with E-state index in [9.17, 15) is 0 Å². The molecule has 0 amide bonds. The van der Waals surface area contributed by atoms with E-state index < -0.39 is 0 Å². The van der Waals surface area contributed by atoms with Gasteiger partial charge in [0.1, 0.15) is 0 Å². The molecule has 0 N–H and O–H groups in total. The standard InChI is InChI=1S/C24H54B3N3/c1-13-19(7)25-28(22(10)16-4)26(20(8)14-2)30(24(12)18-6)27(21(9)15-3)29(25)23(11)17-5/h19-24H,13-18H2,1-12H3. The van der Waals surface area contributed by atoms with Gasteiger partial charge >= 0.3 is 0 Å². The van der Waals surface area contributed by atoms with Crippen LogP contribution in [0.15, 0.2) is 0 Å². The lowest BCUT2D eigenvalue weighted by atomic mass is 9.32. The highest BCUT2D eigenvalue weighted by atomic mass is 15.3. The van der Waals surface area contributed by atoms with Gasteiger partial charge in [0.15, 0.2) is 0 Å². The van der Waals surface area contributed by atoms with Crippen molar-refractivity contribution in [3.05, 3.63) is 0 Å². The van der Waals surface area contributed by atoms with Crippen molar-refractivity contribution >= 4 is 20.9 Å². The third kappa shape index (κ3) is 5.70. The van der Waals surface area contributed by atoms with Crippen LogP contribution < -0.4 is 0 Å². The van der Waals surface area contributed by atoms with Crippen molar-refractivity contribution in [3.63, 3.8) is 0 Å². The second-order valence-electron chi connectivity index (χ2n) is 10.5. The Balaban J connectivity index is 3.83. The summed E-state index contributed by atoms with van der Waals surface area (Å²) in [6.07, 6.45) is 7.39. The minimum absolute atomic E-state index is 0.526. The van der Waals surface area contributed by atoms with Crippen molar-refractivity contribution in [3.8, 4) is 0 Å². The molecule has 0 aromatic carbocycles. The first-order valence-electron chi connectivity index (χ1n) is 13.5. The van der Waals surface area contributed by atoms with Gasteiger partial charge in [-0.3, -0.25) is 0 Å². The topological polar surface area (TPSA) is 9.72 Å². The zero-order valence-corrected chi connectivity index (χ0v) is 22.8. The SMILES string of the molecule is CCC(C)B1N(C(C)CC)B(C(C)CC)N(C(C)CC)B(C(C)CC)N1C(C)CC. The lowest BCUT2D eigenvalue weighted by Gasteiger charge is -2.62. The van der Waals surface area contributed by atoms with Crippen LogP contribution in [0.1, 0.15) is 122 Å². The summed E-state index contributed by atoms with van der Waals surface area (Å²) in [6.45, 7) is 30.9. The van der Waals surface area contributed by atoms with Crippen LogP contribution in [0.4, 0.5) is 0 Å². The zero-order valence-electron chi connectivity index (χ0n) is 22.8. The maximum atomic E-state index is 2.97. The summed E-state index contributed by atoms with van der Waals surface area (Å²) in [4.78, 5) is 0. The molecule has 6 atom stereocenters. The van der Waals surface area contributed by atoms with Crippen molar-refractivity contribution in [1.82, 2.24) is 14.2 Å². The fourth-order valence-corrected chi connectivity index (χ4v) is 5.52. The van der Waals surface area contributed by atoms with Gasteiger partial charge in [-0.1, -0.05) is 102 Å². The van der Waals surface area contributed by atoms with E-state index in [2.05, 4.69) is 97.3 Å². The first kappa shape index (κ1) is 28.1. The highest BCUT2D eigenvalue weighted by Gasteiger charge is 2.58. The molecule has 6 unspecified atom stereocenters. The summed E-state index contributed by atoms with van der Waals surface area (Å²) in [5.74, 6) is 2.01. The minimum Gasteiger partial charge on any atom is -0.354 e. The Kier molecular flexibility index (Phi) is 12.1. The van der Waals surface area contributed by atoms with Crippen LogP contribution in [0.2, 0.25) is 17.5 Å². The second kappa shape index (κ2) is 12.9. The zero-order chi connectivity index (χ0) is 23.2. The van der Waals surface area contributed by atoms with Crippen molar-refractivity contribution < 1.29 is 0 Å². The highest BCUT2D eigenvalue weighted by molar-refractivity contribution is 6.87. The quantitative estimate of drug-likeness (QED) is 0.312. The summed E-state index contributed by atoms with van der Waals surface area (Å²) in [7, 11) is 0. The van der Waals surface area contributed by atoms with Crippen molar-refractivity contribution in [2.75, 3.05) is 0 Å². The van der Waals surface area contributed by atoms with Gasteiger partial charge in [0.05, 0.1) is 0 Å². The van der Waals surface area contributed by atoms with Crippen LogP contribution in [-0.2, 0) is 0 Å². The molecule has 1 saturated heterocycles. The van der Waals surface area contributed by atoms with Crippen LogP contribution in [0.25, 0.3) is 0 Å². The number of rotatable bonds is 12. The van der Waals surface area contributed by atoms with Gasteiger partial charge in [0, 0.05) is 0 Å². The molecule has 174 valence electrons. The summed E-state index contributed by atoms with van der Waals surface area (Å²) >= 11 is 0. The summed E-state index contributed by atoms with van der Waals surface area (Å²) in [6, 6.07) is 1.79. The molecule has 0 aliphatic carbocycles. The Morgan fingerprint density at radius 3 is 0.733 bits per heavy atom. The smallest absolute Gasteiger partial charge is 0.293 e. The van der Waals surface area contributed by atoms with Gasteiger partial charge < -0.3 is 14.2 Å². The maximum absolute atomic E-state index is 2.97. The van der Waals surface area contributed by atoms with Crippen LogP contribution in [0.5, 0.6) is 0 Å². The fraction of sp³-hybridized carbons (Fsp3) is 1.00. The molecular weight excluding hydrogens is 363 g/mol. The van der Waals surface area contributed by atoms with Crippen molar-refractivity contribution in [2.45, 2.75) is 157 Å². The first-order valence-corrected chi connectivity index (χ1v) is 13.5. The van der Waals surface area contributed by atoms with Crippen LogP contribution >= 0.6 is 0 Å². The predicted octanol–water partition coefficient (Wildman–Crippen LogP) is 7.17. The molecule has 1 heterocycles. The minimum atomic E-state index is 0.526.